The highest BCUT2D eigenvalue weighted by Crippen LogP contribution is 2.32. The van der Waals surface area contributed by atoms with Crippen LogP contribution in [0, 0.1) is 10.1 Å². The molecule has 2 aromatic rings. The molecule has 0 unspecified atom stereocenters. The molecule has 0 bridgehead atoms. The molecule has 0 saturated carbocycles. The Balaban J connectivity index is 1.44. The average molecular weight is 423 g/mol. The molecule has 31 heavy (non-hydrogen) atoms. The zero-order valence-electron chi connectivity index (χ0n) is 18.1. The second-order valence-corrected chi connectivity index (χ2v) is 8.48. The fourth-order valence-corrected chi connectivity index (χ4v) is 4.72. The Hall–Kier alpha value is -3.09. The molecule has 2 aromatic carbocycles. The van der Waals surface area contributed by atoms with E-state index >= 15 is 0 Å². The van der Waals surface area contributed by atoms with Crippen LogP contribution >= 0.6 is 0 Å². The molecular weight excluding hydrogens is 392 g/mol. The van der Waals surface area contributed by atoms with Gasteiger partial charge in [-0.25, -0.2) is 0 Å². The third-order valence-corrected chi connectivity index (χ3v) is 6.58. The van der Waals surface area contributed by atoms with Crippen molar-refractivity contribution in [1.29, 1.82) is 0 Å². The fourth-order valence-electron chi connectivity index (χ4n) is 4.72. The minimum Gasteiger partial charge on any atom is -0.371 e. The van der Waals surface area contributed by atoms with Gasteiger partial charge in [0.05, 0.1) is 4.92 Å². The minimum atomic E-state index is -0.359. The third-order valence-electron chi connectivity index (χ3n) is 6.58. The molecule has 0 N–H and O–H groups in total. The summed E-state index contributed by atoms with van der Waals surface area (Å²) in [5.74, 6) is -0.117. The number of hydrogen-bond acceptors (Lipinski definition) is 5. The smallest absolute Gasteiger partial charge is 0.293 e. The Kier molecular flexibility index (Phi) is 6.39. The van der Waals surface area contributed by atoms with Crippen LogP contribution in [0.4, 0.5) is 17.1 Å². The number of anilines is 2. The van der Waals surface area contributed by atoms with Gasteiger partial charge in [0.15, 0.2) is 0 Å². The van der Waals surface area contributed by atoms with Gasteiger partial charge in [0.25, 0.3) is 11.6 Å². The van der Waals surface area contributed by atoms with Gasteiger partial charge in [-0.15, -0.1) is 0 Å². The van der Waals surface area contributed by atoms with Crippen molar-refractivity contribution in [2.75, 3.05) is 43.0 Å². The molecule has 0 aromatic heterocycles. The molecule has 2 aliphatic rings. The molecular formula is C24H30N4O3. The summed E-state index contributed by atoms with van der Waals surface area (Å²) in [7, 11) is 2.10. The van der Waals surface area contributed by atoms with E-state index in [9.17, 15) is 14.9 Å². The number of hydrogen-bond donors (Lipinski definition) is 0. The highest BCUT2D eigenvalue weighted by molar-refractivity contribution is 5.96. The lowest BCUT2D eigenvalue weighted by Gasteiger charge is -2.38. The number of nitro groups is 1. The summed E-state index contributed by atoms with van der Waals surface area (Å²) in [5, 5.41) is 11.7. The largest absolute Gasteiger partial charge is 0.371 e. The average Bonchev–Trinajstić information content (AvgIpc) is 2.84. The van der Waals surface area contributed by atoms with E-state index in [1.165, 1.54) is 11.8 Å². The van der Waals surface area contributed by atoms with E-state index in [1.807, 2.05) is 23.1 Å². The first kappa shape index (κ1) is 21.2. The molecule has 2 fully saturated rings. The molecule has 7 nitrogen and oxygen atoms in total. The van der Waals surface area contributed by atoms with Gasteiger partial charge in [0.2, 0.25) is 0 Å². The fraction of sp³-hybridized carbons (Fsp3) is 0.458. The van der Waals surface area contributed by atoms with Crippen LogP contribution in [-0.4, -0.2) is 55.0 Å². The summed E-state index contributed by atoms with van der Waals surface area (Å²) in [6.45, 7) is 2.97. The number of amides is 1. The lowest BCUT2D eigenvalue weighted by molar-refractivity contribution is -0.384. The summed E-state index contributed by atoms with van der Waals surface area (Å²) < 4.78 is 0. The van der Waals surface area contributed by atoms with Crippen LogP contribution in [0.15, 0.2) is 48.5 Å². The van der Waals surface area contributed by atoms with Crippen LogP contribution in [0.3, 0.4) is 0 Å². The SMILES string of the molecule is CN(c1ccccc1)C1CCN(C(=O)c2ccc(N3CCCCC3)c([N+](=O)[O-])c2)CC1. The molecule has 2 aliphatic heterocycles. The van der Waals surface area contributed by atoms with Crippen molar-refractivity contribution in [3.63, 3.8) is 0 Å². The van der Waals surface area contributed by atoms with E-state index in [4.69, 9.17) is 0 Å². The van der Waals surface area contributed by atoms with Gasteiger partial charge in [0, 0.05) is 56.6 Å². The van der Waals surface area contributed by atoms with Crippen molar-refractivity contribution in [3.8, 4) is 0 Å². The molecule has 7 heteroatoms. The number of carbonyl (C=O) groups is 1. The van der Waals surface area contributed by atoms with Crippen molar-refractivity contribution in [2.24, 2.45) is 0 Å². The van der Waals surface area contributed by atoms with E-state index in [0.717, 1.165) is 45.2 Å². The summed E-state index contributed by atoms with van der Waals surface area (Å²) in [6.07, 6.45) is 5.01. The van der Waals surface area contributed by atoms with Crippen LogP contribution < -0.4 is 9.80 Å². The minimum absolute atomic E-state index is 0.0337. The Bertz CT molecular complexity index is 920. The second-order valence-electron chi connectivity index (χ2n) is 8.48. The first-order chi connectivity index (χ1) is 15.0. The van der Waals surface area contributed by atoms with E-state index in [0.29, 0.717) is 30.4 Å². The summed E-state index contributed by atoms with van der Waals surface area (Å²) in [6, 6.07) is 15.6. The van der Waals surface area contributed by atoms with Gasteiger partial charge < -0.3 is 14.7 Å². The molecule has 0 radical (unpaired) electrons. The zero-order chi connectivity index (χ0) is 21.8. The summed E-state index contributed by atoms with van der Waals surface area (Å²) in [4.78, 5) is 30.6. The Labute approximate surface area is 183 Å². The number of carbonyl (C=O) groups excluding carboxylic acids is 1. The molecule has 0 spiro atoms. The molecule has 4 rings (SSSR count). The Morgan fingerprint density at radius 1 is 1.00 bits per heavy atom. The van der Waals surface area contributed by atoms with Crippen molar-refractivity contribution in [1.82, 2.24) is 4.90 Å². The first-order valence-electron chi connectivity index (χ1n) is 11.1. The number of para-hydroxylation sites is 1. The van der Waals surface area contributed by atoms with E-state index in [2.05, 4.69) is 29.0 Å². The van der Waals surface area contributed by atoms with E-state index in [-0.39, 0.29) is 16.5 Å². The van der Waals surface area contributed by atoms with Gasteiger partial charge in [-0.3, -0.25) is 14.9 Å². The third kappa shape index (κ3) is 4.65. The number of nitrogens with zero attached hydrogens (tertiary/aromatic N) is 4. The summed E-state index contributed by atoms with van der Waals surface area (Å²) >= 11 is 0. The number of piperidine rings is 2. The topological polar surface area (TPSA) is 69.9 Å². The molecule has 0 atom stereocenters. The van der Waals surface area contributed by atoms with Gasteiger partial charge >= 0.3 is 0 Å². The van der Waals surface area contributed by atoms with Gasteiger partial charge in [-0.1, -0.05) is 18.2 Å². The normalized spacial score (nSPS) is 17.5. The molecule has 164 valence electrons. The second kappa shape index (κ2) is 9.37. The highest BCUT2D eigenvalue weighted by atomic mass is 16.6. The van der Waals surface area contributed by atoms with Crippen LogP contribution in [0.5, 0.6) is 0 Å². The lowest BCUT2D eigenvalue weighted by Crippen LogP contribution is -2.45. The number of rotatable bonds is 5. The molecule has 2 heterocycles. The number of nitro benzene ring substituents is 1. The Morgan fingerprint density at radius 3 is 2.32 bits per heavy atom. The quantitative estimate of drug-likeness (QED) is 0.530. The predicted octanol–water partition coefficient (Wildman–Crippen LogP) is 4.33. The zero-order valence-corrected chi connectivity index (χ0v) is 18.1. The van der Waals surface area contributed by atoms with Gasteiger partial charge in [-0.05, 0) is 56.4 Å². The van der Waals surface area contributed by atoms with Crippen LogP contribution in [0.1, 0.15) is 42.5 Å². The number of likely N-dealkylation sites (tertiary alicyclic amines) is 1. The maximum Gasteiger partial charge on any atom is 0.293 e. The Morgan fingerprint density at radius 2 is 1.68 bits per heavy atom. The van der Waals surface area contributed by atoms with Gasteiger partial charge in [-0.2, -0.15) is 0 Å². The van der Waals surface area contributed by atoms with Crippen molar-refractivity contribution < 1.29 is 9.72 Å². The molecule has 0 aliphatic carbocycles. The van der Waals surface area contributed by atoms with Crippen molar-refractivity contribution >= 4 is 23.0 Å². The molecule has 2 saturated heterocycles. The standard InChI is InChI=1S/C24H30N4O3/c1-25(20-8-4-2-5-9-20)21-12-16-27(17-13-21)24(29)19-10-11-22(23(18-19)28(30)31)26-14-6-3-7-15-26/h2,4-5,8-11,18,21H,3,6-7,12-17H2,1H3. The molecule has 1 amide bonds. The monoisotopic (exact) mass is 422 g/mol. The van der Waals surface area contributed by atoms with Crippen molar-refractivity contribution in [3.05, 3.63) is 64.2 Å². The van der Waals surface area contributed by atoms with Crippen LogP contribution in [0.25, 0.3) is 0 Å². The van der Waals surface area contributed by atoms with E-state index in [1.54, 1.807) is 12.1 Å². The lowest BCUT2D eigenvalue weighted by atomic mass is 10.0. The number of benzene rings is 2. The van der Waals surface area contributed by atoms with Crippen LogP contribution in [0.2, 0.25) is 0 Å². The van der Waals surface area contributed by atoms with Gasteiger partial charge in [0.1, 0.15) is 5.69 Å². The maximum atomic E-state index is 13.1. The van der Waals surface area contributed by atoms with Crippen molar-refractivity contribution in [2.45, 2.75) is 38.1 Å². The van der Waals surface area contributed by atoms with Crippen LogP contribution in [-0.2, 0) is 0 Å². The first-order valence-corrected chi connectivity index (χ1v) is 11.1. The maximum absolute atomic E-state index is 13.1. The summed E-state index contributed by atoms with van der Waals surface area (Å²) in [5.41, 5.74) is 2.24. The highest BCUT2D eigenvalue weighted by Gasteiger charge is 2.28. The predicted molar refractivity (Wildman–Crippen MR) is 123 cm³/mol. The van der Waals surface area contributed by atoms with E-state index < -0.39 is 0 Å².